The first-order valence-corrected chi connectivity index (χ1v) is 9.59. The van der Waals surface area contributed by atoms with Gasteiger partial charge in [0.25, 0.3) is 5.91 Å². The normalized spacial score (nSPS) is 11.6. The molecule has 2 aromatic heterocycles. The van der Waals surface area contributed by atoms with Crippen molar-refractivity contribution >= 4 is 28.8 Å². The van der Waals surface area contributed by atoms with Crippen molar-refractivity contribution in [3.05, 3.63) is 58.8 Å². The fourth-order valence-corrected chi connectivity index (χ4v) is 3.17. The van der Waals surface area contributed by atoms with Gasteiger partial charge in [-0.2, -0.15) is 5.10 Å². The molecule has 28 heavy (non-hydrogen) atoms. The lowest BCUT2D eigenvalue weighted by atomic mass is 10.2. The molecule has 2 heterocycles. The van der Waals surface area contributed by atoms with Crippen molar-refractivity contribution in [3.63, 3.8) is 0 Å². The van der Waals surface area contributed by atoms with Crippen LogP contribution in [0.15, 0.2) is 48.1 Å². The van der Waals surface area contributed by atoms with Gasteiger partial charge in [-0.25, -0.2) is 4.98 Å². The SMILES string of the molecule is Cc1nc([C@@H](C)NC(=O)Cn2cc(NC(=O)COc3ccccc3)cn2)cs1. The van der Waals surface area contributed by atoms with Crippen LogP contribution in [0, 0.1) is 6.92 Å². The molecule has 1 aromatic carbocycles. The Labute approximate surface area is 166 Å². The standard InChI is InChI=1S/C19H21N5O3S/c1-13(17-12-28-14(2)22-17)21-18(25)10-24-9-15(8-20-24)23-19(26)11-27-16-6-4-3-5-7-16/h3-9,12-13H,10-11H2,1-2H3,(H,21,25)(H,23,26)/t13-/m1/s1. The number of para-hydroxylation sites is 1. The molecular formula is C19H21N5O3S. The van der Waals surface area contributed by atoms with E-state index in [4.69, 9.17) is 4.74 Å². The Kier molecular flexibility index (Phi) is 6.38. The summed E-state index contributed by atoms with van der Waals surface area (Å²) in [7, 11) is 0. The Morgan fingerprint density at radius 3 is 2.75 bits per heavy atom. The second-order valence-corrected chi connectivity index (χ2v) is 7.22. The summed E-state index contributed by atoms with van der Waals surface area (Å²) >= 11 is 1.54. The summed E-state index contributed by atoms with van der Waals surface area (Å²) in [6.45, 7) is 3.74. The van der Waals surface area contributed by atoms with Crippen LogP contribution in [0.5, 0.6) is 5.75 Å². The van der Waals surface area contributed by atoms with E-state index in [9.17, 15) is 9.59 Å². The summed E-state index contributed by atoms with van der Waals surface area (Å²) in [5.74, 6) is 0.126. The highest BCUT2D eigenvalue weighted by molar-refractivity contribution is 7.09. The van der Waals surface area contributed by atoms with Crippen LogP contribution in [-0.4, -0.2) is 33.2 Å². The molecule has 0 aliphatic rings. The predicted molar refractivity (Wildman–Crippen MR) is 106 cm³/mol. The van der Waals surface area contributed by atoms with Gasteiger partial charge in [0.05, 0.1) is 28.6 Å². The number of amides is 2. The number of hydrogen-bond acceptors (Lipinski definition) is 6. The molecule has 9 heteroatoms. The van der Waals surface area contributed by atoms with Gasteiger partial charge in [-0.05, 0) is 26.0 Å². The molecule has 0 aliphatic heterocycles. The molecule has 3 aromatic rings. The zero-order chi connectivity index (χ0) is 19.9. The number of aryl methyl sites for hydroxylation is 1. The maximum Gasteiger partial charge on any atom is 0.262 e. The maximum absolute atomic E-state index is 12.2. The molecular weight excluding hydrogens is 378 g/mol. The first kappa shape index (κ1) is 19.6. The number of aromatic nitrogens is 3. The van der Waals surface area contributed by atoms with Crippen LogP contribution in [0.2, 0.25) is 0 Å². The fourth-order valence-electron chi connectivity index (χ4n) is 2.46. The van der Waals surface area contributed by atoms with Crippen molar-refractivity contribution < 1.29 is 14.3 Å². The quantitative estimate of drug-likeness (QED) is 0.607. The summed E-state index contributed by atoms with van der Waals surface area (Å²) < 4.78 is 6.85. The van der Waals surface area contributed by atoms with Crippen molar-refractivity contribution in [2.24, 2.45) is 0 Å². The van der Waals surface area contributed by atoms with Gasteiger partial charge in [0.15, 0.2) is 6.61 Å². The number of anilines is 1. The summed E-state index contributed by atoms with van der Waals surface area (Å²) in [6.07, 6.45) is 3.08. The number of ether oxygens (including phenoxy) is 1. The Morgan fingerprint density at radius 1 is 1.25 bits per heavy atom. The molecule has 146 valence electrons. The number of benzene rings is 1. The van der Waals surface area contributed by atoms with Crippen molar-refractivity contribution in [3.8, 4) is 5.75 Å². The molecule has 0 saturated heterocycles. The van der Waals surface area contributed by atoms with E-state index in [0.717, 1.165) is 10.7 Å². The molecule has 8 nitrogen and oxygen atoms in total. The lowest BCUT2D eigenvalue weighted by Gasteiger charge is -2.11. The van der Waals surface area contributed by atoms with Crippen molar-refractivity contribution in [1.82, 2.24) is 20.1 Å². The monoisotopic (exact) mass is 399 g/mol. The third-order valence-corrected chi connectivity index (χ3v) is 4.59. The highest BCUT2D eigenvalue weighted by Crippen LogP contribution is 2.15. The number of nitrogens with zero attached hydrogens (tertiary/aromatic N) is 3. The van der Waals surface area contributed by atoms with E-state index in [1.165, 1.54) is 10.9 Å². The number of nitrogens with one attached hydrogen (secondary N) is 2. The number of rotatable bonds is 8. The molecule has 0 saturated carbocycles. The first-order valence-electron chi connectivity index (χ1n) is 8.71. The van der Waals surface area contributed by atoms with Gasteiger partial charge in [0.1, 0.15) is 12.3 Å². The largest absolute Gasteiger partial charge is 0.484 e. The molecule has 0 aliphatic carbocycles. The van der Waals surface area contributed by atoms with E-state index in [0.29, 0.717) is 11.4 Å². The Hall–Kier alpha value is -3.20. The average molecular weight is 399 g/mol. The van der Waals surface area contributed by atoms with Crippen molar-refractivity contribution in [1.29, 1.82) is 0 Å². The van der Waals surface area contributed by atoms with E-state index >= 15 is 0 Å². The Bertz CT molecular complexity index is 938. The number of thiazole rings is 1. The average Bonchev–Trinajstić information content (AvgIpc) is 3.29. The zero-order valence-electron chi connectivity index (χ0n) is 15.6. The van der Waals surface area contributed by atoms with Crippen LogP contribution in [0.25, 0.3) is 0 Å². The van der Waals surface area contributed by atoms with E-state index in [1.807, 2.05) is 37.4 Å². The van der Waals surface area contributed by atoms with Crippen LogP contribution >= 0.6 is 11.3 Å². The van der Waals surface area contributed by atoms with Crippen LogP contribution in [0.1, 0.15) is 23.7 Å². The topological polar surface area (TPSA) is 98.1 Å². The van der Waals surface area contributed by atoms with Gasteiger partial charge >= 0.3 is 0 Å². The minimum absolute atomic E-state index is 0.0455. The van der Waals surface area contributed by atoms with Crippen molar-refractivity contribution in [2.45, 2.75) is 26.4 Å². The van der Waals surface area contributed by atoms with Gasteiger partial charge < -0.3 is 15.4 Å². The van der Waals surface area contributed by atoms with E-state index in [2.05, 4.69) is 20.7 Å². The minimum Gasteiger partial charge on any atom is -0.484 e. The van der Waals surface area contributed by atoms with Gasteiger partial charge in [0.2, 0.25) is 5.91 Å². The first-order chi connectivity index (χ1) is 13.5. The third kappa shape index (κ3) is 5.65. The van der Waals surface area contributed by atoms with E-state index in [-0.39, 0.29) is 31.0 Å². The van der Waals surface area contributed by atoms with Gasteiger partial charge in [-0.1, -0.05) is 18.2 Å². The predicted octanol–water partition coefficient (Wildman–Crippen LogP) is 2.54. The molecule has 0 unspecified atom stereocenters. The maximum atomic E-state index is 12.2. The summed E-state index contributed by atoms with van der Waals surface area (Å²) in [5, 5.41) is 12.6. The van der Waals surface area contributed by atoms with Gasteiger partial charge in [0, 0.05) is 11.6 Å². The second-order valence-electron chi connectivity index (χ2n) is 6.16. The van der Waals surface area contributed by atoms with Crippen LogP contribution in [-0.2, 0) is 16.1 Å². The Morgan fingerprint density at radius 2 is 2.04 bits per heavy atom. The highest BCUT2D eigenvalue weighted by Gasteiger charge is 2.13. The molecule has 2 amide bonds. The number of carbonyl (C=O) groups excluding carboxylic acids is 2. The molecule has 0 spiro atoms. The summed E-state index contributed by atoms with van der Waals surface area (Å²) in [4.78, 5) is 28.5. The van der Waals surface area contributed by atoms with Gasteiger partial charge in [-0.15, -0.1) is 11.3 Å². The highest BCUT2D eigenvalue weighted by atomic mass is 32.1. The molecule has 0 radical (unpaired) electrons. The number of carbonyl (C=O) groups is 2. The Balaban J connectivity index is 1.45. The third-order valence-electron chi connectivity index (χ3n) is 3.79. The van der Waals surface area contributed by atoms with E-state index in [1.54, 1.807) is 29.7 Å². The van der Waals surface area contributed by atoms with Gasteiger partial charge in [-0.3, -0.25) is 14.3 Å². The second kappa shape index (κ2) is 9.14. The lowest BCUT2D eigenvalue weighted by molar-refractivity contribution is -0.122. The summed E-state index contributed by atoms with van der Waals surface area (Å²) in [5.41, 5.74) is 1.33. The molecule has 1 atom stereocenters. The lowest BCUT2D eigenvalue weighted by Crippen LogP contribution is -2.30. The smallest absolute Gasteiger partial charge is 0.262 e. The molecule has 0 fully saturated rings. The zero-order valence-corrected chi connectivity index (χ0v) is 16.4. The molecule has 0 bridgehead atoms. The molecule has 2 N–H and O–H groups in total. The molecule has 3 rings (SSSR count). The minimum atomic E-state index is -0.305. The fraction of sp³-hybridized carbons (Fsp3) is 0.263. The van der Waals surface area contributed by atoms with Crippen LogP contribution in [0.3, 0.4) is 0 Å². The van der Waals surface area contributed by atoms with Crippen LogP contribution in [0.4, 0.5) is 5.69 Å². The van der Waals surface area contributed by atoms with Crippen molar-refractivity contribution in [2.75, 3.05) is 11.9 Å². The number of hydrogen-bond donors (Lipinski definition) is 2. The van der Waals surface area contributed by atoms with Crippen LogP contribution < -0.4 is 15.4 Å². The van der Waals surface area contributed by atoms with E-state index < -0.39 is 0 Å². The summed E-state index contributed by atoms with van der Waals surface area (Å²) in [6, 6.07) is 8.91.